The fourth-order valence-electron chi connectivity index (χ4n) is 4.09. The molecule has 0 saturated carbocycles. The van der Waals surface area contributed by atoms with Crippen molar-refractivity contribution in [3.8, 4) is 0 Å². The molecule has 2 saturated heterocycles. The number of carbonyl (C=O) groups is 1. The van der Waals surface area contributed by atoms with Crippen molar-refractivity contribution in [1.29, 1.82) is 0 Å². The van der Waals surface area contributed by atoms with E-state index in [-0.39, 0.29) is 55.0 Å². The Morgan fingerprint density at radius 1 is 0.735 bits per heavy atom. The van der Waals surface area contributed by atoms with Crippen LogP contribution in [0.25, 0.3) is 0 Å². The monoisotopic (exact) mass is 507 g/mol. The van der Waals surface area contributed by atoms with Crippen LogP contribution in [0.5, 0.6) is 0 Å². The Kier molecular flexibility index (Phi) is 7.11. The van der Waals surface area contributed by atoms with Crippen molar-refractivity contribution in [2.75, 3.05) is 52.5 Å². The van der Waals surface area contributed by atoms with E-state index in [0.717, 1.165) is 5.56 Å². The molecule has 2 aromatic rings. The normalized spacial score (nSPS) is 18.7. The first-order valence-electron chi connectivity index (χ1n) is 11.2. The maximum Gasteiger partial charge on any atom is 0.254 e. The van der Waals surface area contributed by atoms with Gasteiger partial charge in [0.05, 0.1) is 23.0 Å². The lowest BCUT2D eigenvalue weighted by Crippen LogP contribution is -2.50. The van der Waals surface area contributed by atoms with Crippen LogP contribution in [0.4, 0.5) is 0 Å². The second-order valence-electron chi connectivity index (χ2n) is 8.50. The van der Waals surface area contributed by atoms with Gasteiger partial charge in [-0.2, -0.15) is 8.61 Å². The average molecular weight is 508 g/mol. The zero-order valence-corrected chi connectivity index (χ0v) is 20.9. The second kappa shape index (κ2) is 9.74. The molecule has 0 bridgehead atoms. The van der Waals surface area contributed by atoms with Crippen molar-refractivity contribution < 1.29 is 26.4 Å². The smallest absolute Gasteiger partial charge is 0.254 e. The summed E-state index contributed by atoms with van der Waals surface area (Å²) in [6.07, 6.45) is 0. The minimum Gasteiger partial charge on any atom is -0.379 e. The van der Waals surface area contributed by atoms with Gasteiger partial charge in [0.1, 0.15) is 0 Å². The highest BCUT2D eigenvalue weighted by Gasteiger charge is 2.32. The number of rotatable bonds is 5. The fraction of sp³-hybridized carbons (Fsp3) is 0.435. The number of amides is 1. The van der Waals surface area contributed by atoms with Crippen molar-refractivity contribution >= 4 is 26.0 Å². The van der Waals surface area contributed by atoms with Crippen molar-refractivity contribution in [2.24, 2.45) is 0 Å². The highest BCUT2D eigenvalue weighted by atomic mass is 32.2. The summed E-state index contributed by atoms with van der Waals surface area (Å²) in [6, 6.07) is 11.3. The molecular weight excluding hydrogens is 478 g/mol. The highest BCUT2D eigenvalue weighted by Crippen LogP contribution is 2.23. The SMILES string of the molecule is Cc1ccc(S(=O)(=O)N2CCN(C(=O)c3cc(S(=O)(=O)N4CCOCC4)ccc3C)CC2)cc1. The maximum atomic E-state index is 13.3. The number of sulfonamides is 2. The van der Waals surface area contributed by atoms with Crippen molar-refractivity contribution in [1.82, 2.24) is 13.5 Å². The number of benzene rings is 2. The molecule has 2 aliphatic heterocycles. The molecule has 2 heterocycles. The summed E-state index contributed by atoms with van der Waals surface area (Å²) < 4.78 is 59.9. The van der Waals surface area contributed by atoms with E-state index in [0.29, 0.717) is 24.3 Å². The molecule has 1 amide bonds. The lowest BCUT2D eigenvalue weighted by molar-refractivity contribution is 0.0696. The van der Waals surface area contributed by atoms with E-state index >= 15 is 0 Å². The van der Waals surface area contributed by atoms with Crippen LogP contribution >= 0.6 is 0 Å². The predicted octanol–water partition coefficient (Wildman–Crippen LogP) is 1.47. The van der Waals surface area contributed by atoms with E-state index in [1.807, 2.05) is 6.92 Å². The molecule has 0 unspecified atom stereocenters. The van der Waals surface area contributed by atoms with Gasteiger partial charge in [0.2, 0.25) is 20.0 Å². The lowest BCUT2D eigenvalue weighted by atomic mass is 10.1. The molecule has 2 fully saturated rings. The molecule has 0 atom stereocenters. The number of hydrogen-bond acceptors (Lipinski definition) is 6. The first kappa shape index (κ1) is 24.8. The predicted molar refractivity (Wildman–Crippen MR) is 127 cm³/mol. The standard InChI is InChI=1S/C23H29N3O6S2/c1-18-3-6-20(7-4-18)33(28,29)25-11-9-24(10-12-25)23(27)22-17-21(8-5-19(22)2)34(30,31)26-13-15-32-16-14-26/h3-8,17H,9-16H2,1-2H3. The highest BCUT2D eigenvalue weighted by molar-refractivity contribution is 7.89. The summed E-state index contributed by atoms with van der Waals surface area (Å²) in [6.45, 7) is 5.68. The molecule has 0 radical (unpaired) electrons. The quantitative estimate of drug-likeness (QED) is 0.607. The van der Waals surface area contributed by atoms with Crippen LogP contribution in [-0.4, -0.2) is 88.7 Å². The molecule has 34 heavy (non-hydrogen) atoms. The van der Waals surface area contributed by atoms with Crippen LogP contribution in [0.15, 0.2) is 52.3 Å². The molecule has 2 aromatic carbocycles. The van der Waals surface area contributed by atoms with Gasteiger partial charge in [-0.25, -0.2) is 16.8 Å². The summed E-state index contributed by atoms with van der Waals surface area (Å²) in [5, 5.41) is 0. The summed E-state index contributed by atoms with van der Waals surface area (Å²) >= 11 is 0. The zero-order valence-electron chi connectivity index (χ0n) is 19.3. The largest absolute Gasteiger partial charge is 0.379 e. The topological polar surface area (TPSA) is 104 Å². The first-order chi connectivity index (χ1) is 16.1. The van der Waals surface area contributed by atoms with Gasteiger partial charge in [-0.1, -0.05) is 23.8 Å². The molecule has 4 rings (SSSR count). The van der Waals surface area contributed by atoms with Gasteiger partial charge < -0.3 is 9.64 Å². The van der Waals surface area contributed by atoms with Crippen LogP contribution in [-0.2, 0) is 24.8 Å². The second-order valence-corrected chi connectivity index (χ2v) is 12.4. The van der Waals surface area contributed by atoms with Crippen LogP contribution in [0.1, 0.15) is 21.5 Å². The first-order valence-corrected chi connectivity index (χ1v) is 14.0. The number of ether oxygens (including phenoxy) is 1. The van der Waals surface area contributed by atoms with Gasteiger partial charge in [-0.05, 0) is 43.7 Å². The number of morpholine rings is 1. The van der Waals surface area contributed by atoms with E-state index in [1.54, 1.807) is 42.2 Å². The zero-order chi connectivity index (χ0) is 24.5. The number of aryl methyl sites for hydroxylation is 2. The molecular formula is C23H29N3O6S2. The number of carbonyl (C=O) groups excluding carboxylic acids is 1. The molecule has 0 N–H and O–H groups in total. The van der Waals surface area contributed by atoms with Gasteiger partial charge >= 0.3 is 0 Å². The van der Waals surface area contributed by atoms with Crippen LogP contribution in [0.2, 0.25) is 0 Å². The Morgan fingerprint density at radius 2 is 1.26 bits per heavy atom. The van der Waals surface area contributed by atoms with Gasteiger partial charge in [-0.15, -0.1) is 0 Å². The maximum absolute atomic E-state index is 13.3. The lowest BCUT2D eigenvalue weighted by Gasteiger charge is -2.34. The van der Waals surface area contributed by atoms with Gasteiger partial charge in [0, 0.05) is 44.8 Å². The van der Waals surface area contributed by atoms with Crippen LogP contribution in [0.3, 0.4) is 0 Å². The van der Waals surface area contributed by atoms with Crippen molar-refractivity contribution in [2.45, 2.75) is 23.6 Å². The number of piperazine rings is 1. The van der Waals surface area contributed by atoms with Crippen molar-refractivity contribution in [3.05, 3.63) is 59.2 Å². The van der Waals surface area contributed by atoms with Gasteiger partial charge in [-0.3, -0.25) is 4.79 Å². The Hall–Kier alpha value is -2.31. The van der Waals surface area contributed by atoms with Crippen molar-refractivity contribution in [3.63, 3.8) is 0 Å². The Balaban J connectivity index is 1.49. The average Bonchev–Trinajstić information content (AvgIpc) is 2.84. The number of hydrogen-bond donors (Lipinski definition) is 0. The minimum absolute atomic E-state index is 0.0731. The molecule has 0 aromatic heterocycles. The molecule has 11 heteroatoms. The number of nitrogens with zero attached hydrogens (tertiary/aromatic N) is 3. The molecule has 2 aliphatic rings. The fourth-order valence-corrected chi connectivity index (χ4v) is 6.95. The van der Waals surface area contributed by atoms with E-state index in [1.165, 1.54) is 20.7 Å². The third kappa shape index (κ3) is 4.89. The molecule has 0 aliphatic carbocycles. The molecule has 9 nitrogen and oxygen atoms in total. The Morgan fingerprint density at radius 3 is 1.88 bits per heavy atom. The molecule has 184 valence electrons. The summed E-state index contributed by atoms with van der Waals surface area (Å²) in [4.78, 5) is 15.2. The van der Waals surface area contributed by atoms with Crippen LogP contribution < -0.4 is 0 Å². The van der Waals surface area contributed by atoms with Gasteiger partial charge in [0.25, 0.3) is 5.91 Å². The Bertz CT molecular complexity index is 1260. The van der Waals surface area contributed by atoms with Crippen LogP contribution in [0, 0.1) is 13.8 Å². The van der Waals surface area contributed by atoms with E-state index < -0.39 is 20.0 Å². The van der Waals surface area contributed by atoms with E-state index in [4.69, 9.17) is 4.74 Å². The summed E-state index contributed by atoms with van der Waals surface area (Å²) in [5.41, 5.74) is 1.95. The summed E-state index contributed by atoms with van der Waals surface area (Å²) in [7, 11) is -7.37. The summed E-state index contributed by atoms with van der Waals surface area (Å²) in [5.74, 6) is -0.302. The third-order valence-electron chi connectivity index (χ3n) is 6.23. The van der Waals surface area contributed by atoms with E-state index in [9.17, 15) is 21.6 Å². The Labute approximate surface area is 201 Å². The molecule has 0 spiro atoms. The van der Waals surface area contributed by atoms with Gasteiger partial charge in [0.15, 0.2) is 0 Å². The third-order valence-corrected chi connectivity index (χ3v) is 10.0. The van der Waals surface area contributed by atoms with E-state index in [2.05, 4.69) is 0 Å². The minimum atomic E-state index is -3.73.